The minimum absolute atomic E-state index is 0.0889. The molecule has 0 bridgehead atoms. The SMILES string of the molecule is CS(=O)(=O)N(c1cccc(CC2CN(Cc3ccc(Cl)c(Cl)c3)CCO2)c1)S(C)(=O)=O. The Morgan fingerprint density at radius 2 is 1.71 bits per heavy atom. The highest BCUT2D eigenvalue weighted by Gasteiger charge is 2.28. The highest BCUT2D eigenvalue weighted by atomic mass is 35.5. The summed E-state index contributed by atoms with van der Waals surface area (Å²) in [5.74, 6) is 0. The molecule has 1 atom stereocenters. The van der Waals surface area contributed by atoms with Gasteiger partial charge in [0.15, 0.2) is 0 Å². The summed E-state index contributed by atoms with van der Waals surface area (Å²) < 4.78 is 54.5. The third kappa shape index (κ3) is 6.57. The number of sulfonamides is 2. The standard InChI is InChI=1S/C20H24Cl2N2O5S2/c1-30(25,26)24(31(2,27)28)17-5-3-4-15(10-17)11-18-14-23(8-9-29-18)13-16-6-7-19(21)20(22)12-16/h3-7,10,12,18H,8-9,11,13-14H2,1-2H3. The predicted molar refractivity (Wildman–Crippen MR) is 124 cm³/mol. The molecule has 0 amide bonds. The maximum Gasteiger partial charge on any atom is 0.245 e. The number of hydrogen-bond acceptors (Lipinski definition) is 6. The molecule has 31 heavy (non-hydrogen) atoms. The van der Waals surface area contributed by atoms with E-state index in [-0.39, 0.29) is 11.8 Å². The van der Waals surface area contributed by atoms with Crippen LogP contribution in [-0.4, -0.2) is 60.0 Å². The maximum absolute atomic E-state index is 12.0. The Bertz CT molecular complexity index is 1120. The summed E-state index contributed by atoms with van der Waals surface area (Å²) in [5, 5.41) is 1.03. The lowest BCUT2D eigenvalue weighted by Gasteiger charge is -2.33. The molecule has 0 aromatic heterocycles. The van der Waals surface area contributed by atoms with E-state index in [1.165, 1.54) is 6.07 Å². The summed E-state index contributed by atoms with van der Waals surface area (Å²) >= 11 is 12.1. The van der Waals surface area contributed by atoms with Crippen molar-refractivity contribution in [3.8, 4) is 0 Å². The number of ether oxygens (including phenoxy) is 1. The van der Waals surface area contributed by atoms with Crippen molar-refractivity contribution < 1.29 is 21.6 Å². The highest BCUT2D eigenvalue weighted by molar-refractivity contribution is 8.09. The van der Waals surface area contributed by atoms with Crippen molar-refractivity contribution in [1.82, 2.24) is 4.90 Å². The Labute approximate surface area is 193 Å². The fourth-order valence-electron chi connectivity index (χ4n) is 3.63. The molecule has 0 saturated carbocycles. The van der Waals surface area contributed by atoms with E-state index in [0.29, 0.717) is 39.9 Å². The molecule has 1 unspecified atom stereocenters. The first-order valence-corrected chi connectivity index (χ1v) is 14.0. The van der Waals surface area contributed by atoms with Crippen molar-refractivity contribution in [3.63, 3.8) is 0 Å². The van der Waals surface area contributed by atoms with Crippen molar-refractivity contribution in [2.24, 2.45) is 0 Å². The Morgan fingerprint density at radius 3 is 2.35 bits per heavy atom. The first-order chi connectivity index (χ1) is 14.4. The first-order valence-electron chi connectivity index (χ1n) is 9.51. The van der Waals surface area contributed by atoms with Crippen molar-refractivity contribution in [1.29, 1.82) is 0 Å². The zero-order valence-corrected chi connectivity index (χ0v) is 20.3. The van der Waals surface area contributed by atoms with Crippen molar-refractivity contribution in [2.75, 3.05) is 35.9 Å². The van der Waals surface area contributed by atoms with Gasteiger partial charge in [0, 0.05) is 19.6 Å². The zero-order chi connectivity index (χ0) is 22.8. The van der Waals surface area contributed by atoms with Gasteiger partial charge in [0.05, 0.1) is 41.0 Å². The molecular formula is C20H24Cl2N2O5S2. The number of morpholine rings is 1. The van der Waals surface area contributed by atoms with Crippen molar-refractivity contribution in [3.05, 3.63) is 63.6 Å². The average molecular weight is 507 g/mol. The van der Waals surface area contributed by atoms with E-state index in [0.717, 1.165) is 30.2 Å². The number of anilines is 1. The molecule has 1 aliphatic rings. The molecule has 3 rings (SSSR count). The van der Waals surface area contributed by atoms with Gasteiger partial charge < -0.3 is 4.74 Å². The molecule has 11 heteroatoms. The lowest BCUT2D eigenvalue weighted by atomic mass is 10.1. The molecule has 1 saturated heterocycles. The largest absolute Gasteiger partial charge is 0.375 e. The summed E-state index contributed by atoms with van der Waals surface area (Å²) in [4.78, 5) is 2.25. The van der Waals surface area contributed by atoms with Gasteiger partial charge in [-0.25, -0.2) is 16.8 Å². The molecule has 0 spiro atoms. The zero-order valence-electron chi connectivity index (χ0n) is 17.2. The number of benzene rings is 2. The topological polar surface area (TPSA) is 84.0 Å². The highest BCUT2D eigenvalue weighted by Crippen LogP contribution is 2.25. The van der Waals surface area contributed by atoms with Gasteiger partial charge in [-0.2, -0.15) is 3.71 Å². The second-order valence-electron chi connectivity index (χ2n) is 7.57. The Balaban J connectivity index is 1.72. The molecule has 1 heterocycles. The van der Waals surface area contributed by atoms with Crippen LogP contribution in [0.1, 0.15) is 11.1 Å². The van der Waals surface area contributed by atoms with E-state index in [2.05, 4.69) is 4.90 Å². The molecule has 170 valence electrons. The van der Waals surface area contributed by atoms with E-state index in [4.69, 9.17) is 27.9 Å². The van der Waals surface area contributed by atoms with Gasteiger partial charge in [-0.1, -0.05) is 41.4 Å². The van der Waals surface area contributed by atoms with Gasteiger partial charge in [0.25, 0.3) is 0 Å². The predicted octanol–water partition coefficient (Wildman–Crippen LogP) is 3.16. The van der Waals surface area contributed by atoms with E-state index < -0.39 is 20.0 Å². The van der Waals surface area contributed by atoms with Crippen LogP contribution in [0, 0.1) is 0 Å². The fraction of sp³-hybridized carbons (Fsp3) is 0.400. The molecule has 1 fully saturated rings. The first kappa shape index (κ1) is 24.3. The third-order valence-electron chi connectivity index (χ3n) is 4.80. The Hall–Kier alpha value is -1.36. The van der Waals surface area contributed by atoms with Crippen LogP contribution in [0.2, 0.25) is 10.0 Å². The summed E-state index contributed by atoms with van der Waals surface area (Å²) in [7, 11) is -7.98. The minimum atomic E-state index is -3.99. The van der Waals surface area contributed by atoms with E-state index >= 15 is 0 Å². The van der Waals surface area contributed by atoms with Gasteiger partial charge in [-0.3, -0.25) is 4.90 Å². The summed E-state index contributed by atoms with van der Waals surface area (Å²) in [5.41, 5.74) is 1.93. The normalized spacial score (nSPS) is 18.1. The van der Waals surface area contributed by atoms with Crippen LogP contribution < -0.4 is 3.71 Å². The van der Waals surface area contributed by atoms with Crippen LogP contribution in [-0.2, 0) is 37.7 Å². The van der Waals surface area contributed by atoms with Crippen molar-refractivity contribution >= 4 is 48.9 Å². The number of halogens is 2. The minimum Gasteiger partial charge on any atom is -0.375 e. The van der Waals surface area contributed by atoms with Crippen LogP contribution in [0.3, 0.4) is 0 Å². The van der Waals surface area contributed by atoms with Crippen LogP contribution in [0.4, 0.5) is 5.69 Å². The second-order valence-corrected chi connectivity index (χ2v) is 12.3. The second kappa shape index (κ2) is 9.64. The molecule has 0 radical (unpaired) electrons. The Morgan fingerprint density at radius 1 is 1.00 bits per heavy atom. The monoisotopic (exact) mass is 506 g/mol. The van der Waals surface area contributed by atoms with Crippen LogP contribution in [0.5, 0.6) is 0 Å². The van der Waals surface area contributed by atoms with Gasteiger partial charge >= 0.3 is 0 Å². The lowest BCUT2D eigenvalue weighted by molar-refractivity contribution is -0.0304. The van der Waals surface area contributed by atoms with Gasteiger partial charge in [-0.05, 0) is 41.8 Å². The van der Waals surface area contributed by atoms with E-state index in [1.54, 1.807) is 18.2 Å². The van der Waals surface area contributed by atoms with Gasteiger partial charge in [-0.15, -0.1) is 0 Å². The molecule has 0 N–H and O–H groups in total. The van der Waals surface area contributed by atoms with E-state index in [1.807, 2.05) is 18.2 Å². The van der Waals surface area contributed by atoms with Gasteiger partial charge in [0.1, 0.15) is 0 Å². The maximum atomic E-state index is 12.0. The molecule has 0 aliphatic carbocycles. The van der Waals surface area contributed by atoms with Crippen LogP contribution in [0.15, 0.2) is 42.5 Å². The number of hydrogen-bond donors (Lipinski definition) is 0. The summed E-state index contributed by atoms with van der Waals surface area (Å²) in [6.45, 7) is 2.70. The molecule has 7 nitrogen and oxygen atoms in total. The summed E-state index contributed by atoms with van der Waals surface area (Å²) in [6, 6.07) is 12.1. The summed E-state index contributed by atoms with van der Waals surface area (Å²) in [6.07, 6.45) is 2.14. The molecule has 2 aromatic carbocycles. The fourth-order valence-corrected chi connectivity index (χ4v) is 6.91. The van der Waals surface area contributed by atoms with Gasteiger partial charge in [0.2, 0.25) is 20.0 Å². The van der Waals surface area contributed by atoms with E-state index in [9.17, 15) is 16.8 Å². The Kier molecular flexibility index (Phi) is 7.55. The third-order valence-corrected chi connectivity index (χ3v) is 8.79. The number of rotatable bonds is 7. The average Bonchev–Trinajstić information content (AvgIpc) is 2.63. The molecule has 2 aromatic rings. The van der Waals surface area contributed by atoms with Crippen LogP contribution in [0.25, 0.3) is 0 Å². The van der Waals surface area contributed by atoms with Crippen molar-refractivity contribution in [2.45, 2.75) is 19.1 Å². The smallest absolute Gasteiger partial charge is 0.245 e. The lowest BCUT2D eigenvalue weighted by Crippen LogP contribution is -2.42. The molecule has 1 aliphatic heterocycles. The molecular weight excluding hydrogens is 483 g/mol. The van der Waals surface area contributed by atoms with Crippen LogP contribution >= 0.6 is 23.2 Å². The quantitative estimate of drug-likeness (QED) is 0.573. The number of nitrogens with zero attached hydrogens (tertiary/aromatic N) is 2.